The predicted molar refractivity (Wildman–Crippen MR) is 419 cm³/mol. The molecule has 28 nitrogen and oxygen atoms in total. The third kappa shape index (κ3) is 17.4. The van der Waals surface area contributed by atoms with E-state index in [0.29, 0.717) is 101 Å². The van der Waals surface area contributed by atoms with Crippen LogP contribution in [0.3, 0.4) is 0 Å². The molecule has 8 aromatic heterocycles. The summed E-state index contributed by atoms with van der Waals surface area (Å²) in [7, 11) is 1.58. The summed E-state index contributed by atoms with van der Waals surface area (Å²) in [5, 5.41) is 25.2. The molecule has 0 spiro atoms. The van der Waals surface area contributed by atoms with E-state index in [1.165, 1.54) is 82.7 Å². The number of rotatable bonds is 22. The summed E-state index contributed by atoms with van der Waals surface area (Å²) >= 11 is 6.20. The van der Waals surface area contributed by atoms with Gasteiger partial charge in [-0.2, -0.15) is 40.2 Å². The molecule has 0 aliphatic carbocycles. The van der Waals surface area contributed by atoms with Gasteiger partial charge in [-0.05, 0) is 170 Å². The maximum absolute atomic E-state index is 14.6. The summed E-state index contributed by atoms with van der Waals surface area (Å²) in [4.78, 5) is 85.9. The van der Waals surface area contributed by atoms with Crippen LogP contribution in [0, 0.1) is 59.7 Å². The number of amides is 4. The van der Waals surface area contributed by atoms with Gasteiger partial charge < -0.3 is 48.0 Å². The Hall–Kier alpha value is -12.6. The van der Waals surface area contributed by atoms with E-state index in [0.717, 1.165) is 112 Å². The minimum atomic E-state index is -0.550. The molecule has 0 N–H and O–H groups in total. The van der Waals surface area contributed by atoms with Crippen molar-refractivity contribution in [2.75, 3.05) is 40.1 Å². The van der Waals surface area contributed by atoms with Gasteiger partial charge in [0.2, 0.25) is 23.5 Å². The van der Waals surface area contributed by atoms with Crippen molar-refractivity contribution in [3.05, 3.63) is 239 Å². The Labute approximate surface area is 685 Å². The van der Waals surface area contributed by atoms with Crippen LogP contribution >= 0.6 is 11.6 Å². The van der Waals surface area contributed by atoms with Crippen LogP contribution in [0.1, 0.15) is 131 Å². The fourth-order valence-corrected chi connectivity index (χ4v) is 18.4. The first-order valence-corrected chi connectivity index (χ1v) is 40.0. The molecule has 0 saturated carbocycles. The lowest BCUT2D eigenvalue weighted by atomic mass is 9.90. The van der Waals surface area contributed by atoms with E-state index in [4.69, 9.17) is 40.0 Å². The zero-order chi connectivity index (χ0) is 82.4. The van der Waals surface area contributed by atoms with Crippen molar-refractivity contribution in [1.82, 2.24) is 89.5 Å². The minimum absolute atomic E-state index is 0.00430. The van der Waals surface area contributed by atoms with Gasteiger partial charge in [0.15, 0.2) is 17.3 Å². The lowest BCUT2D eigenvalue weighted by Gasteiger charge is -2.25. The molecule has 3 aromatic carbocycles. The number of hydrogen-bond donors (Lipinski definition) is 0. The average Bonchev–Trinajstić information content (AvgIpc) is 1.63. The van der Waals surface area contributed by atoms with Crippen molar-refractivity contribution in [2.45, 2.75) is 139 Å². The normalized spacial score (nSPS) is 22.5. The first-order chi connectivity index (χ1) is 57.9. The molecule has 12 atom stereocenters. The van der Waals surface area contributed by atoms with Crippen molar-refractivity contribution in [3.63, 3.8) is 0 Å². The third-order valence-corrected chi connectivity index (χ3v) is 23.6. The SMILES string of the molecule is CCOc1ccc(C)nc1C(=O)N1C2CCC1C(COc1ccc(F)cn1)C2.COc1ccc(C(=O)N2C3CCC2C(COc2ccc(F)cn2)C3)c(-n2nccn2)c1.O=C(c1cc(Cl)ccc1-n1nccn1)N1C2CCC1C(COc1ccc(F)cn1)C2.O=C(c1cccc(F)c1-n1nccn1)N1C2CCC1C(COc1ccc(F)cn1)C2. The number of methoxy groups -OCH3 is 1. The van der Waals surface area contributed by atoms with Crippen LogP contribution in [0.25, 0.3) is 17.1 Å². The number of hydrogen-bond acceptors (Lipinski definition) is 21. The van der Waals surface area contributed by atoms with Crippen LogP contribution in [0.4, 0.5) is 22.0 Å². The molecular formula is C85H84ClF5N18O10. The Morgan fingerprint density at radius 1 is 0.420 bits per heavy atom. The molecule has 8 aliphatic rings. The highest BCUT2D eigenvalue weighted by Crippen LogP contribution is 2.48. The fraction of sp³-hybridized carbons (Fsp3) is 0.376. The lowest BCUT2D eigenvalue weighted by Crippen LogP contribution is -2.38. The molecule has 8 saturated heterocycles. The summed E-state index contributed by atoms with van der Waals surface area (Å²) in [6.45, 7) is 5.98. The number of carbonyl (C=O) groups is 4. The maximum Gasteiger partial charge on any atom is 0.276 e. The number of halogens is 6. The van der Waals surface area contributed by atoms with Crippen molar-refractivity contribution < 1.29 is 69.6 Å². The minimum Gasteiger partial charge on any atom is -0.497 e. The summed E-state index contributed by atoms with van der Waals surface area (Å²) in [6, 6.07) is 30.8. The van der Waals surface area contributed by atoms with E-state index in [1.807, 2.05) is 45.6 Å². The molecule has 16 heterocycles. The molecule has 119 heavy (non-hydrogen) atoms. The molecule has 12 unspecified atom stereocenters. The van der Waals surface area contributed by atoms with Crippen molar-refractivity contribution in [2.24, 2.45) is 23.7 Å². The third-order valence-electron chi connectivity index (χ3n) is 23.4. The number of fused-ring (bicyclic) bond motifs is 8. The van der Waals surface area contributed by atoms with Gasteiger partial charge in [0.1, 0.15) is 40.4 Å². The zero-order valence-electron chi connectivity index (χ0n) is 65.1. The smallest absolute Gasteiger partial charge is 0.276 e. The Morgan fingerprint density at radius 2 is 0.824 bits per heavy atom. The van der Waals surface area contributed by atoms with Gasteiger partial charge in [-0.1, -0.05) is 17.7 Å². The van der Waals surface area contributed by atoms with Crippen molar-refractivity contribution in [1.29, 1.82) is 0 Å². The van der Waals surface area contributed by atoms with Crippen LogP contribution in [0.5, 0.6) is 35.0 Å². The average molecular weight is 1650 g/mol. The second-order valence-electron chi connectivity index (χ2n) is 30.4. The zero-order valence-corrected chi connectivity index (χ0v) is 65.8. The predicted octanol–water partition coefficient (Wildman–Crippen LogP) is 12.8. The summed E-state index contributed by atoms with van der Waals surface area (Å²) in [5.74, 6) is 0.926. The molecular weight excluding hydrogens is 1560 g/mol. The van der Waals surface area contributed by atoms with E-state index in [2.05, 4.69) is 55.5 Å². The van der Waals surface area contributed by atoms with E-state index in [9.17, 15) is 41.1 Å². The van der Waals surface area contributed by atoms with E-state index >= 15 is 0 Å². The van der Waals surface area contributed by atoms with Crippen molar-refractivity contribution in [3.8, 4) is 52.1 Å². The molecule has 34 heteroatoms. The van der Waals surface area contributed by atoms with Gasteiger partial charge in [0.25, 0.3) is 23.6 Å². The van der Waals surface area contributed by atoms with Crippen LogP contribution in [0.2, 0.25) is 5.02 Å². The molecule has 616 valence electrons. The Bertz CT molecular complexity index is 5280. The maximum atomic E-state index is 14.6. The van der Waals surface area contributed by atoms with Gasteiger partial charge in [0.05, 0.1) is 124 Å². The number of benzene rings is 3. The fourth-order valence-electron chi connectivity index (χ4n) is 18.2. The van der Waals surface area contributed by atoms with Gasteiger partial charge in [-0.25, -0.2) is 46.9 Å². The van der Waals surface area contributed by atoms with Crippen molar-refractivity contribution >= 4 is 35.2 Å². The quantitative estimate of drug-likeness (QED) is 0.0569. The van der Waals surface area contributed by atoms with Gasteiger partial charge >= 0.3 is 0 Å². The number of pyridine rings is 5. The van der Waals surface area contributed by atoms with Gasteiger partial charge in [0, 0.05) is 113 Å². The monoisotopic (exact) mass is 1650 g/mol. The van der Waals surface area contributed by atoms with Crippen LogP contribution < -0.4 is 28.4 Å². The van der Waals surface area contributed by atoms with Gasteiger partial charge in [-0.3, -0.25) is 19.2 Å². The second kappa shape index (κ2) is 35.7. The Morgan fingerprint density at radius 3 is 1.24 bits per heavy atom. The topological polar surface area (TPSA) is 293 Å². The first-order valence-electron chi connectivity index (χ1n) is 39.7. The summed E-state index contributed by atoms with van der Waals surface area (Å²) < 4.78 is 101. The van der Waals surface area contributed by atoms with Crippen LogP contribution in [-0.2, 0) is 0 Å². The van der Waals surface area contributed by atoms with Gasteiger partial charge in [-0.15, -0.1) is 4.80 Å². The lowest BCUT2D eigenvalue weighted by molar-refractivity contribution is 0.0692. The summed E-state index contributed by atoms with van der Waals surface area (Å²) in [5.41, 5.74) is 3.69. The van der Waals surface area contributed by atoms with E-state index < -0.39 is 23.3 Å². The summed E-state index contributed by atoms with van der Waals surface area (Å²) in [6.07, 6.45) is 24.7. The number of aromatic nitrogens is 14. The molecule has 4 amide bonds. The Kier molecular flexibility index (Phi) is 24.1. The molecule has 8 bridgehead atoms. The molecule has 11 aromatic rings. The van der Waals surface area contributed by atoms with E-state index in [1.54, 1.807) is 74.4 Å². The largest absolute Gasteiger partial charge is 0.497 e. The number of aryl methyl sites for hydroxylation is 1. The van der Waals surface area contributed by atoms with E-state index in [-0.39, 0.29) is 113 Å². The number of carbonyl (C=O) groups excluding carboxylic acids is 4. The second-order valence-corrected chi connectivity index (χ2v) is 30.8. The number of para-hydroxylation sites is 1. The molecule has 0 radical (unpaired) electrons. The first kappa shape index (κ1) is 80.2. The standard InChI is InChI=1S/C22H22FN5O3.C21H19ClFN5O2.C21H19F2N5O2.C21H24FN3O3/c1-30-17-4-5-18(20(11-17)28-25-8-9-26-28)22(29)27-16-3-6-19(27)14(10-16)13-31-21-7-2-15(23)12-24-21;22-14-1-4-19(28-25-7-8-26-28)17(10-14)21(29)27-16-3-5-18(27)13(9-16)12-30-20-6-2-15(23)11-24-20;22-14-4-7-19(24-11-14)30-12-13-10-15-5-6-18(13)27(15)21(29)16-2-1-3-17(23)20(16)28-25-8-9-26-28;1-3-27-18-8-4-13(2)24-20(18)21(26)25-16-6-7-17(25)14(10-16)12-28-19-9-5-15(22)11-23-19/h2,4-5,7-9,11-12,14,16,19H,3,6,10,13H2,1H3;1-2,4,6-8,10-11,13,16,18H,3,5,9,12H2;1-4,7-9,11,13,15,18H,5-6,10,12H2;4-5,8-9,11,14,16-17H,3,6-7,10,12H2,1-2H3. The number of ether oxygens (including phenoxy) is 6. The van der Waals surface area contributed by atoms with Crippen LogP contribution in [0.15, 0.2) is 177 Å². The highest BCUT2D eigenvalue weighted by atomic mass is 35.5. The Balaban J connectivity index is 0.000000118. The number of nitrogens with zero attached hydrogens (tertiary/aromatic N) is 18. The molecule has 8 fully saturated rings. The molecule has 8 aliphatic heterocycles. The van der Waals surface area contributed by atoms with Crippen LogP contribution in [-0.4, -0.2) is 202 Å². The highest BCUT2D eigenvalue weighted by molar-refractivity contribution is 6.31. The highest BCUT2D eigenvalue weighted by Gasteiger charge is 2.53. The molecule has 19 rings (SSSR count).